The Labute approximate surface area is 242 Å². The highest BCUT2D eigenvalue weighted by molar-refractivity contribution is 6.31. The van der Waals surface area contributed by atoms with Gasteiger partial charge in [-0.25, -0.2) is 4.39 Å². The van der Waals surface area contributed by atoms with Crippen molar-refractivity contribution in [3.8, 4) is 28.7 Å². The molecular weight excluding hydrogens is 582 g/mol. The van der Waals surface area contributed by atoms with Crippen LogP contribution in [0, 0.1) is 5.82 Å². The predicted molar refractivity (Wildman–Crippen MR) is 145 cm³/mol. The molecule has 0 unspecified atom stereocenters. The van der Waals surface area contributed by atoms with E-state index in [0.29, 0.717) is 53.7 Å². The van der Waals surface area contributed by atoms with Crippen molar-refractivity contribution in [1.29, 1.82) is 0 Å². The molecule has 220 valence electrons. The molecule has 0 fully saturated rings. The molecule has 5 rings (SSSR count). The average Bonchev–Trinajstić information content (AvgIpc) is 2.95. The van der Waals surface area contributed by atoms with Gasteiger partial charge < -0.3 is 23.7 Å². The number of hydrogen-bond donors (Lipinski definition) is 0. The number of Topliss-reactive ketones (excluding diaryl/α,β-unsaturated/α-hetero) is 1. The Bertz CT molecular complexity index is 1630. The number of pyridine rings is 1. The minimum atomic E-state index is -4.66. The second-order valence-electron chi connectivity index (χ2n) is 9.33. The molecule has 0 saturated carbocycles. The lowest BCUT2D eigenvalue weighted by molar-refractivity contribution is -0.137. The molecule has 0 radical (unpaired) electrons. The van der Waals surface area contributed by atoms with Crippen LogP contribution in [-0.2, 0) is 28.5 Å². The van der Waals surface area contributed by atoms with Gasteiger partial charge in [-0.1, -0.05) is 23.7 Å². The first-order valence-electron chi connectivity index (χ1n) is 12.8. The Hall–Kier alpha value is -4.09. The van der Waals surface area contributed by atoms with Gasteiger partial charge in [0.1, 0.15) is 42.9 Å². The molecule has 0 saturated heterocycles. The van der Waals surface area contributed by atoms with Crippen LogP contribution in [0.3, 0.4) is 0 Å². The fourth-order valence-electron chi connectivity index (χ4n) is 4.47. The molecule has 7 nitrogen and oxygen atoms in total. The van der Waals surface area contributed by atoms with E-state index in [2.05, 4.69) is 4.98 Å². The first kappa shape index (κ1) is 29.4. The van der Waals surface area contributed by atoms with Crippen molar-refractivity contribution >= 4 is 28.3 Å². The highest BCUT2D eigenvalue weighted by Crippen LogP contribution is 2.48. The molecule has 42 heavy (non-hydrogen) atoms. The van der Waals surface area contributed by atoms with Crippen molar-refractivity contribution in [2.24, 2.45) is 0 Å². The second-order valence-corrected chi connectivity index (χ2v) is 9.74. The third-order valence-electron chi connectivity index (χ3n) is 6.37. The molecule has 4 aromatic rings. The molecule has 0 spiro atoms. The lowest BCUT2D eigenvalue weighted by atomic mass is 10.0. The molecule has 1 aliphatic heterocycles. The van der Waals surface area contributed by atoms with E-state index in [1.54, 1.807) is 19.2 Å². The number of methoxy groups -OCH3 is 1. The van der Waals surface area contributed by atoms with Gasteiger partial charge in [0.05, 0.1) is 28.1 Å². The van der Waals surface area contributed by atoms with Crippen molar-refractivity contribution in [2.45, 2.75) is 19.0 Å². The van der Waals surface area contributed by atoms with Crippen LogP contribution in [0.5, 0.6) is 28.7 Å². The third kappa shape index (κ3) is 6.52. The third-order valence-corrected chi connectivity index (χ3v) is 6.70. The number of benzene rings is 3. The first-order chi connectivity index (χ1) is 20.1. The number of rotatable bonds is 10. The topological polar surface area (TPSA) is 76.1 Å². The Morgan fingerprint density at radius 2 is 1.76 bits per heavy atom. The highest BCUT2D eigenvalue weighted by atomic mass is 35.5. The number of fused-ring (bicyclic) bond motifs is 3. The number of nitrogens with zero attached hydrogens (tertiary/aromatic N) is 1. The summed E-state index contributed by atoms with van der Waals surface area (Å²) in [6, 6.07) is 10.6. The molecule has 3 aromatic carbocycles. The minimum absolute atomic E-state index is 0.0731. The lowest BCUT2D eigenvalue weighted by Gasteiger charge is -2.23. The Morgan fingerprint density at radius 1 is 0.976 bits per heavy atom. The molecule has 0 bridgehead atoms. The van der Waals surface area contributed by atoms with Gasteiger partial charge in [0.15, 0.2) is 11.5 Å². The summed E-state index contributed by atoms with van der Waals surface area (Å²) >= 11 is 5.65. The summed E-state index contributed by atoms with van der Waals surface area (Å²) in [6.45, 7) is 1.28. The van der Waals surface area contributed by atoms with E-state index in [4.69, 9.17) is 35.3 Å². The summed E-state index contributed by atoms with van der Waals surface area (Å²) in [7, 11) is 1.56. The number of aromatic nitrogens is 1. The Morgan fingerprint density at radius 3 is 2.50 bits per heavy atom. The van der Waals surface area contributed by atoms with Gasteiger partial charge >= 0.3 is 6.18 Å². The zero-order valence-corrected chi connectivity index (χ0v) is 23.0. The van der Waals surface area contributed by atoms with Crippen molar-refractivity contribution in [3.63, 3.8) is 0 Å². The summed E-state index contributed by atoms with van der Waals surface area (Å²) in [5.41, 5.74) is -0.325. The number of carbonyl (C=O) groups is 1. The van der Waals surface area contributed by atoms with E-state index in [1.807, 2.05) is 0 Å². The van der Waals surface area contributed by atoms with E-state index >= 15 is 4.39 Å². The van der Waals surface area contributed by atoms with Crippen LogP contribution in [0.4, 0.5) is 17.6 Å². The van der Waals surface area contributed by atoms with Crippen molar-refractivity contribution in [2.75, 3.05) is 33.5 Å². The van der Waals surface area contributed by atoms with E-state index in [-0.39, 0.29) is 36.3 Å². The number of carbonyl (C=O) groups excluding carboxylic acids is 1. The molecule has 0 aliphatic carbocycles. The average molecular weight is 606 g/mol. The Balaban J connectivity index is 1.34. The molecule has 1 aliphatic rings. The van der Waals surface area contributed by atoms with Gasteiger partial charge in [-0.3, -0.25) is 9.78 Å². The molecular formula is C30H24ClF4NO6. The van der Waals surface area contributed by atoms with Crippen LogP contribution in [0.1, 0.15) is 16.7 Å². The van der Waals surface area contributed by atoms with Crippen LogP contribution < -0.4 is 18.9 Å². The number of ether oxygens (including phenoxy) is 5. The number of ketones is 1. The van der Waals surface area contributed by atoms with E-state index < -0.39 is 28.4 Å². The van der Waals surface area contributed by atoms with Gasteiger partial charge in [0, 0.05) is 38.3 Å². The summed E-state index contributed by atoms with van der Waals surface area (Å²) in [5, 5.41) is 0.0462. The van der Waals surface area contributed by atoms with Crippen LogP contribution in [-0.4, -0.2) is 44.3 Å². The van der Waals surface area contributed by atoms with Crippen LogP contribution >= 0.6 is 11.6 Å². The zero-order chi connectivity index (χ0) is 29.9. The molecule has 0 N–H and O–H groups in total. The van der Waals surface area contributed by atoms with Gasteiger partial charge in [-0.05, 0) is 35.4 Å². The summed E-state index contributed by atoms with van der Waals surface area (Å²) in [4.78, 5) is 17.0. The first-order valence-corrected chi connectivity index (χ1v) is 13.2. The fourth-order valence-corrected chi connectivity index (χ4v) is 4.69. The maximum Gasteiger partial charge on any atom is 0.417 e. The van der Waals surface area contributed by atoms with E-state index in [9.17, 15) is 18.0 Å². The van der Waals surface area contributed by atoms with E-state index in [0.717, 1.165) is 18.2 Å². The predicted octanol–water partition coefficient (Wildman–Crippen LogP) is 6.99. The molecule has 12 heteroatoms. The summed E-state index contributed by atoms with van der Waals surface area (Å²) in [6.07, 6.45) is -3.77. The largest absolute Gasteiger partial charge is 0.487 e. The van der Waals surface area contributed by atoms with Gasteiger partial charge in [0.2, 0.25) is 5.75 Å². The van der Waals surface area contributed by atoms with Crippen LogP contribution in [0.15, 0.2) is 54.7 Å². The zero-order valence-electron chi connectivity index (χ0n) is 22.2. The molecule has 1 aromatic heterocycles. The SMILES string of the molecule is COCCOc1cc2nccc(Oc3ccc(CC(=O)Cc4ccc(Cl)c(C(F)(F)F)c4)c(F)c3)c2c2c1OCCO2. The Kier molecular flexibility index (Phi) is 8.69. The van der Waals surface area contributed by atoms with Crippen molar-refractivity contribution < 1.29 is 46.0 Å². The monoisotopic (exact) mass is 605 g/mol. The molecule has 0 atom stereocenters. The lowest BCUT2D eigenvalue weighted by Crippen LogP contribution is -2.17. The smallest absolute Gasteiger partial charge is 0.417 e. The normalized spacial score (nSPS) is 12.8. The van der Waals surface area contributed by atoms with Gasteiger partial charge in [-0.15, -0.1) is 0 Å². The van der Waals surface area contributed by atoms with Crippen molar-refractivity contribution in [1.82, 2.24) is 4.98 Å². The van der Waals surface area contributed by atoms with Gasteiger partial charge in [-0.2, -0.15) is 13.2 Å². The number of halogens is 5. The number of alkyl halides is 3. The van der Waals surface area contributed by atoms with Crippen LogP contribution in [0.2, 0.25) is 5.02 Å². The summed E-state index contributed by atoms with van der Waals surface area (Å²) in [5.74, 6) is 0.518. The second kappa shape index (κ2) is 12.4. The quantitative estimate of drug-likeness (QED) is 0.142. The maximum atomic E-state index is 15.0. The molecule has 2 heterocycles. The van der Waals surface area contributed by atoms with E-state index in [1.165, 1.54) is 24.4 Å². The maximum absolute atomic E-state index is 15.0. The van der Waals surface area contributed by atoms with Crippen molar-refractivity contribution in [3.05, 3.63) is 82.3 Å². The minimum Gasteiger partial charge on any atom is -0.487 e. The van der Waals surface area contributed by atoms with Crippen LogP contribution in [0.25, 0.3) is 10.9 Å². The fraction of sp³-hybridized carbons (Fsp3) is 0.267. The van der Waals surface area contributed by atoms with Gasteiger partial charge in [0.25, 0.3) is 0 Å². The number of hydrogen-bond acceptors (Lipinski definition) is 7. The summed E-state index contributed by atoms with van der Waals surface area (Å²) < 4.78 is 83.0. The standard InChI is InChI=1S/C30H24ClF4NO6/c1-38-8-9-39-26-16-24-27(29-28(26)40-10-11-41-29)25(6-7-36-24)42-20-4-3-18(23(32)15-20)14-19(37)12-17-2-5-22(31)21(13-17)30(33,34)35/h2-7,13,15-16H,8-12,14H2,1H3. The highest BCUT2D eigenvalue weighted by Gasteiger charge is 2.33. The molecule has 0 amide bonds.